The maximum absolute atomic E-state index is 10.8. The molecule has 118 valence electrons. The Hall–Kier alpha value is -1.15. The van der Waals surface area contributed by atoms with Crippen molar-refractivity contribution in [2.24, 2.45) is 0 Å². The summed E-state index contributed by atoms with van der Waals surface area (Å²) in [6.07, 6.45) is 0. The van der Waals surface area contributed by atoms with E-state index in [0.717, 1.165) is 0 Å². The molecule has 1 aromatic rings. The Balaban J connectivity index is 2.14. The third-order valence-corrected chi connectivity index (χ3v) is 3.09. The fraction of sp³-hybridized carbons (Fsp3) is 0.500. The van der Waals surface area contributed by atoms with E-state index in [-0.39, 0.29) is 5.56 Å². The molecule has 0 aromatic heterocycles. The van der Waals surface area contributed by atoms with E-state index in [0.29, 0.717) is 49.9 Å². The van der Waals surface area contributed by atoms with Crippen LogP contribution >= 0.6 is 15.9 Å². The lowest BCUT2D eigenvalue weighted by Crippen LogP contribution is -2.12. The maximum Gasteiger partial charge on any atom is 0.335 e. The predicted octanol–water partition coefficient (Wildman–Crippen LogP) is 2.21. The van der Waals surface area contributed by atoms with E-state index in [4.69, 9.17) is 24.1 Å². The lowest BCUT2D eigenvalue weighted by atomic mass is 10.2. The molecule has 0 saturated carbocycles. The molecule has 0 aliphatic rings. The van der Waals surface area contributed by atoms with Gasteiger partial charge < -0.3 is 24.1 Å². The van der Waals surface area contributed by atoms with Crippen LogP contribution in [-0.4, -0.2) is 57.8 Å². The first-order chi connectivity index (χ1) is 10.1. The monoisotopic (exact) mass is 362 g/mol. The summed E-state index contributed by atoms with van der Waals surface area (Å²) in [6, 6.07) is 4.61. The molecule has 0 fully saturated rings. The Bertz CT molecular complexity index is 437. The minimum Gasteiger partial charge on any atom is -0.490 e. The Morgan fingerprint density at radius 1 is 1.10 bits per heavy atom. The largest absolute Gasteiger partial charge is 0.490 e. The quantitative estimate of drug-likeness (QED) is 0.608. The minimum absolute atomic E-state index is 0.207. The van der Waals surface area contributed by atoms with E-state index in [1.54, 1.807) is 13.2 Å². The first-order valence-electron chi connectivity index (χ1n) is 6.45. The van der Waals surface area contributed by atoms with Gasteiger partial charge in [-0.1, -0.05) is 0 Å². The Morgan fingerprint density at radius 3 is 2.29 bits per heavy atom. The van der Waals surface area contributed by atoms with Gasteiger partial charge in [-0.25, -0.2) is 4.79 Å². The Labute approximate surface area is 132 Å². The molecule has 0 unspecified atom stereocenters. The molecule has 6 nitrogen and oxygen atoms in total. The van der Waals surface area contributed by atoms with E-state index in [9.17, 15) is 4.79 Å². The number of aromatic carboxylic acids is 1. The van der Waals surface area contributed by atoms with Crippen LogP contribution in [0.5, 0.6) is 5.75 Å². The molecule has 1 rings (SSSR count). The highest BCUT2D eigenvalue weighted by Gasteiger charge is 2.07. The van der Waals surface area contributed by atoms with Crippen molar-refractivity contribution in [2.45, 2.75) is 0 Å². The average molecular weight is 363 g/mol. The predicted molar refractivity (Wildman–Crippen MR) is 80.1 cm³/mol. The summed E-state index contributed by atoms with van der Waals surface area (Å²) in [5.74, 6) is -0.390. The van der Waals surface area contributed by atoms with Gasteiger partial charge in [0.25, 0.3) is 0 Å². The lowest BCUT2D eigenvalue weighted by molar-refractivity contribution is 0.0179. The van der Waals surface area contributed by atoms with Crippen molar-refractivity contribution < 1.29 is 28.8 Å². The van der Waals surface area contributed by atoms with Crippen molar-refractivity contribution >= 4 is 21.9 Å². The van der Waals surface area contributed by atoms with Crippen LogP contribution in [0.1, 0.15) is 10.4 Å². The van der Waals surface area contributed by atoms with Gasteiger partial charge in [-0.15, -0.1) is 0 Å². The van der Waals surface area contributed by atoms with Crippen molar-refractivity contribution in [3.63, 3.8) is 0 Å². The van der Waals surface area contributed by atoms with Crippen molar-refractivity contribution in [1.82, 2.24) is 0 Å². The molecule has 0 radical (unpaired) electrons. The molecule has 0 atom stereocenters. The van der Waals surface area contributed by atoms with E-state index < -0.39 is 5.97 Å². The number of halogens is 1. The van der Waals surface area contributed by atoms with Gasteiger partial charge in [-0.2, -0.15) is 0 Å². The van der Waals surface area contributed by atoms with Crippen molar-refractivity contribution in [3.8, 4) is 5.75 Å². The van der Waals surface area contributed by atoms with E-state index in [1.807, 2.05) is 0 Å². The van der Waals surface area contributed by atoms with Crippen LogP contribution in [0.15, 0.2) is 22.7 Å². The topological polar surface area (TPSA) is 74.2 Å². The van der Waals surface area contributed by atoms with Crippen molar-refractivity contribution in [3.05, 3.63) is 28.2 Å². The van der Waals surface area contributed by atoms with Gasteiger partial charge in [-0.3, -0.25) is 0 Å². The van der Waals surface area contributed by atoms with Crippen LogP contribution in [0.4, 0.5) is 0 Å². The summed E-state index contributed by atoms with van der Waals surface area (Å²) in [7, 11) is 1.62. The smallest absolute Gasteiger partial charge is 0.335 e. The molecule has 1 N–H and O–H groups in total. The highest BCUT2D eigenvalue weighted by atomic mass is 79.9. The molecule has 1 aromatic carbocycles. The van der Waals surface area contributed by atoms with Crippen LogP contribution in [0.25, 0.3) is 0 Å². The first kappa shape index (κ1) is 17.9. The van der Waals surface area contributed by atoms with E-state index >= 15 is 0 Å². The number of carbonyl (C=O) groups is 1. The van der Waals surface area contributed by atoms with Crippen LogP contribution in [0, 0.1) is 0 Å². The molecular weight excluding hydrogens is 344 g/mol. The zero-order chi connectivity index (χ0) is 15.5. The third-order valence-electron chi connectivity index (χ3n) is 2.47. The molecule has 0 aliphatic heterocycles. The van der Waals surface area contributed by atoms with Crippen LogP contribution < -0.4 is 4.74 Å². The number of ether oxygens (including phenoxy) is 4. The van der Waals surface area contributed by atoms with E-state index in [1.165, 1.54) is 12.1 Å². The molecule has 7 heteroatoms. The van der Waals surface area contributed by atoms with Gasteiger partial charge in [0.05, 0.1) is 43.1 Å². The van der Waals surface area contributed by atoms with Crippen LogP contribution in [-0.2, 0) is 14.2 Å². The second-order valence-corrected chi connectivity index (χ2v) is 4.87. The lowest BCUT2D eigenvalue weighted by Gasteiger charge is -2.09. The summed E-state index contributed by atoms with van der Waals surface area (Å²) in [5.41, 5.74) is 0.207. The summed E-state index contributed by atoms with van der Waals surface area (Å²) < 4.78 is 21.5. The van der Waals surface area contributed by atoms with Gasteiger partial charge in [0.2, 0.25) is 0 Å². The fourth-order valence-electron chi connectivity index (χ4n) is 1.43. The molecular formula is C14H19BrO6. The highest BCUT2D eigenvalue weighted by molar-refractivity contribution is 9.10. The molecule has 0 spiro atoms. The van der Waals surface area contributed by atoms with Gasteiger partial charge >= 0.3 is 5.97 Å². The second kappa shape index (κ2) is 10.6. The van der Waals surface area contributed by atoms with Crippen LogP contribution in [0.3, 0.4) is 0 Å². The normalized spacial score (nSPS) is 10.6. The Kier molecular flexibility index (Phi) is 9.00. The molecule has 0 amide bonds. The third kappa shape index (κ3) is 7.42. The number of carboxylic acid groups (broad SMARTS) is 1. The molecule has 21 heavy (non-hydrogen) atoms. The van der Waals surface area contributed by atoms with Crippen molar-refractivity contribution in [1.29, 1.82) is 0 Å². The number of hydrogen-bond acceptors (Lipinski definition) is 5. The Morgan fingerprint density at radius 2 is 1.71 bits per heavy atom. The number of hydrogen-bond donors (Lipinski definition) is 1. The number of methoxy groups -OCH3 is 1. The van der Waals surface area contributed by atoms with E-state index in [2.05, 4.69) is 15.9 Å². The first-order valence-corrected chi connectivity index (χ1v) is 7.24. The summed E-state index contributed by atoms with van der Waals surface area (Å²) in [4.78, 5) is 10.8. The summed E-state index contributed by atoms with van der Waals surface area (Å²) in [5, 5.41) is 8.85. The van der Waals surface area contributed by atoms with Gasteiger partial charge in [-0.05, 0) is 34.1 Å². The fourth-order valence-corrected chi connectivity index (χ4v) is 1.92. The summed E-state index contributed by atoms with van der Waals surface area (Å²) >= 11 is 3.27. The van der Waals surface area contributed by atoms with Gasteiger partial charge in [0.15, 0.2) is 0 Å². The van der Waals surface area contributed by atoms with Gasteiger partial charge in [0.1, 0.15) is 12.4 Å². The number of benzene rings is 1. The average Bonchev–Trinajstić information content (AvgIpc) is 2.46. The standard InChI is InChI=1S/C14H19BrO6/c1-18-4-5-19-6-7-20-8-9-21-13-3-2-11(14(16)17)10-12(13)15/h2-3,10H,4-9H2,1H3,(H,16,17). The zero-order valence-electron chi connectivity index (χ0n) is 11.8. The minimum atomic E-state index is -0.973. The van der Waals surface area contributed by atoms with Gasteiger partial charge in [0, 0.05) is 7.11 Å². The molecule has 0 aliphatic carbocycles. The summed E-state index contributed by atoms with van der Waals surface area (Å²) in [6.45, 7) is 2.94. The number of carboxylic acids is 1. The maximum atomic E-state index is 10.8. The van der Waals surface area contributed by atoms with Crippen LogP contribution in [0.2, 0.25) is 0 Å². The SMILES string of the molecule is COCCOCCOCCOc1ccc(C(=O)O)cc1Br. The molecule has 0 heterocycles. The second-order valence-electron chi connectivity index (χ2n) is 4.02. The molecule has 0 saturated heterocycles. The number of rotatable bonds is 11. The molecule has 0 bridgehead atoms. The van der Waals surface area contributed by atoms with Crippen molar-refractivity contribution in [2.75, 3.05) is 46.8 Å². The highest BCUT2D eigenvalue weighted by Crippen LogP contribution is 2.25. The zero-order valence-corrected chi connectivity index (χ0v) is 13.4.